The zero-order valence-corrected chi connectivity index (χ0v) is 21.0. The Balaban J connectivity index is 1.70. The molecule has 3 aromatic carbocycles. The molecule has 174 valence electrons. The summed E-state index contributed by atoms with van der Waals surface area (Å²) >= 11 is 1.27. The van der Waals surface area contributed by atoms with Gasteiger partial charge in [0.1, 0.15) is 0 Å². The minimum absolute atomic E-state index is 0.129. The molecule has 4 aromatic rings. The lowest BCUT2D eigenvalue weighted by Crippen LogP contribution is -2.23. The number of benzene rings is 3. The summed E-state index contributed by atoms with van der Waals surface area (Å²) < 4.78 is 1.62. The van der Waals surface area contributed by atoms with Crippen molar-refractivity contribution in [2.75, 3.05) is 11.1 Å². The second kappa shape index (κ2) is 9.85. The van der Waals surface area contributed by atoms with E-state index in [1.54, 1.807) is 10.6 Å². The summed E-state index contributed by atoms with van der Waals surface area (Å²) in [7, 11) is 0. The van der Waals surface area contributed by atoms with E-state index in [4.69, 9.17) is 4.98 Å². The summed E-state index contributed by atoms with van der Waals surface area (Å²) in [5.74, 6) is 0.303. The number of anilines is 1. The van der Waals surface area contributed by atoms with Crippen molar-refractivity contribution in [1.82, 2.24) is 9.55 Å². The predicted octanol–water partition coefficient (Wildman–Crippen LogP) is 6.17. The van der Waals surface area contributed by atoms with Crippen molar-refractivity contribution in [3.63, 3.8) is 0 Å². The first-order chi connectivity index (χ1) is 16.2. The quantitative estimate of drug-likeness (QED) is 0.270. The minimum Gasteiger partial charge on any atom is -0.325 e. The largest absolute Gasteiger partial charge is 0.325 e. The molecule has 1 aromatic heterocycles. The number of nitrogens with one attached hydrogen (secondary N) is 1. The molecule has 0 bridgehead atoms. The summed E-state index contributed by atoms with van der Waals surface area (Å²) in [5, 5.41) is 4.14. The van der Waals surface area contributed by atoms with E-state index in [0.29, 0.717) is 22.0 Å². The number of nitrogens with zero attached hydrogens (tertiary/aromatic N) is 2. The van der Waals surface area contributed by atoms with Crippen molar-refractivity contribution in [1.29, 1.82) is 0 Å². The number of hydrogen-bond acceptors (Lipinski definition) is 4. The summed E-state index contributed by atoms with van der Waals surface area (Å²) in [6.07, 6.45) is 0. The molecule has 0 spiro atoms. The number of carbonyl (C=O) groups excluding carboxylic acids is 1. The van der Waals surface area contributed by atoms with Gasteiger partial charge in [-0.2, -0.15) is 0 Å². The third kappa shape index (κ3) is 4.92. The molecule has 0 saturated carbocycles. The highest BCUT2D eigenvalue weighted by Crippen LogP contribution is 2.28. The molecule has 0 saturated heterocycles. The summed E-state index contributed by atoms with van der Waals surface area (Å²) in [6, 6.07) is 19.4. The van der Waals surface area contributed by atoms with Crippen LogP contribution in [0.25, 0.3) is 16.6 Å². The molecule has 1 amide bonds. The van der Waals surface area contributed by atoms with E-state index in [1.165, 1.54) is 11.8 Å². The number of para-hydroxylation sites is 2. The van der Waals surface area contributed by atoms with Crippen molar-refractivity contribution in [3.05, 3.63) is 93.3 Å². The van der Waals surface area contributed by atoms with Crippen LogP contribution in [0.3, 0.4) is 0 Å². The van der Waals surface area contributed by atoms with Crippen molar-refractivity contribution in [2.24, 2.45) is 0 Å². The van der Waals surface area contributed by atoms with Crippen LogP contribution in [0.2, 0.25) is 0 Å². The molecular weight excluding hydrogens is 442 g/mol. The van der Waals surface area contributed by atoms with Crippen LogP contribution in [-0.4, -0.2) is 21.2 Å². The second-order valence-electron chi connectivity index (χ2n) is 8.93. The number of carbonyl (C=O) groups is 1. The smallest absolute Gasteiger partial charge is 0.266 e. The lowest BCUT2D eigenvalue weighted by Gasteiger charge is -2.17. The van der Waals surface area contributed by atoms with Gasteiger partial charge in [0, 0.05) is 5.69 Å². The highest BCUT2D eigenvalue weighted by molar-refractivity contribution is 7.99. The summed E-state index contributed by atoms with van der Waals surface area (Å²) in [5.41, 5.74) is 6.35. The standard InChI is InChI=1S/C28H29N3O2S/c1-17(2)22-11-8-9-20(5)26(22)30-25(32)16-34-28-29-24-12-7-6-10-23(24)27(33)31(28)21-14-18(3)13-19(4)15-21/h6-15,17H,16H2,1-5H3,(H,30,32). The molecule has 6 heteroatoms. The molecule has 0 aliphatic carbocycles. The number of aromatic nitrogens is 2. The molecule has 0 aliphatic heterocycles. The van der Waals surface area contributed by atoms with E-state index in [0.717, 1.165) is 33.6 Å². The molecule has 0 unspecified atom stereocenters. The van der Waals surface area contributed by atoms with Crippen molar-refractivity contribution < 1.29 is 4.79 Å². The Morgan fingerprint density at radius 3 is 2.41 bits per heavy atom. The van der Waals surface area contributed by atoms with Gasteiger partial charge in [-0.3, -0.25) is 14.2 Å². The van der Waals surface area contributed by atoms with Crippen LogP contribution in [0.15, 0.2) is 70.6 Å². The minimum atomic E-state index is -0.139. The summed E-state index contributed by atoms with van der Waals surface area (Å²) in [4.78, 5) is 31.2. The fraction of sp³-hybridized carbons (Fsp3) is 0.250. The van der Waals surface area contributed by atoms with E-state index < -0.39 is 0 Å². The zero-order valence-electron chi connectivity index (χ0n) is 20.2. The monoisotopic (exact) mass is 471 g/mol. The topological polar surface area (TPSA) is 64.0 Å². The average Bonchev–Trinajstić information content (AvgIpc) is 2.78. The Kier molecular flexibility index (Phi) is 6.89. The molecule has 0 aliphatic rings. The third-order valence-corrected chi connectivity index (χ3v) is 6.67. The van der Waals surface area contributed by atoms with Gasteiger partial charge in [0.05, 0.1) is 22.3 Å². The molecule has 34 heavy (non-hydrogen) atoms. The van der Waals surface area contributed by atoms with Crippen LogP contribution in [-0.2, 0) is 4.79 Å². The first-order valence-corrected chi connectivity index (χ1v) is 12.4. The molecule has 4 rings (SSSR count). The highest BCUT2D eigenvalue weighted by Gasteiger charge is 2.17. The lowest BCUT2D eigenvalue weighted by atomic mass is 9.98. The van der Waals surface area contributed by atoms with Crippen LogP contribution >= 0.6 is 11.8 Å². The van der Waals surface area contributed by atoms with Gasteiger partial charge in [-0.1, -0.05) is 62.0 Å². The maximum Gasteiger partial charge on any atom is 0.266 e. The van der Waals surface area contributed by atoms with E-state index in [9.17, 15) is 9.59 Å². The predicted molar refractivity (Wildman–Crippen MR) is 141 cm³/mol. The van der Waals surface area contributed by atoms with Gasteiger partial charge in [0.25, 0.3) is 5.56 Å². The SMILES string of the molecule is Cc1cc(C)cc(-n2c(SCC(=O)Nc3c(C)cccc3C(C)C)nc3ccccc3c2=O)c1. The van der Waals surface area contributed by atoms with Gasteiger partial charge in [0.2, 0.25) is 5.91 Å². The Morgan fingerprint density at radius 1 is 1.00 bits per heavy atom. The number of thioether (sulfide) groups is 1. The van der Waals surface area contributed by atoms with Crippen LogP contribution < -0.4 is 10.9 Å². The van der Waals surface area contributed by atoms with Gasteiger partial charge in [-0.05, 0) is 73.2 Å². The Labute approximate surface area is 204 Å². The zero-order chi connectivity index (χ0) is 24.4. The molecule has 5 nitrogen and oxygen atoms in total. The first kappa shape index (κ1) is 23.8. The molecule has 0 atom stereocenters. The van der Waals surface area contributed by atoms with E-state index in [2.05, 4.69) is 25.2 Å². The van der Waals surface area contributed by atoms with Crippen molar-refractivity contribution >= 4 is 34.3 Å². The first-order valence-electron chi connectivity index (χ1n) is 11.4. The van der Waals surface area contributed by atoms with Crippen LogP contribution in [0.5, 0.6) is 0 Å². The maximum absolute atomic E-state index is 13.5. The number of amides is 1. The van der Waals surface area contributed by atoms with Gasteiger partial charge in [-0.15, -0.1) is 0 Å². The van der Waals surface area contributed by atoms with Crippen molar-refractivity contribution in [2.45, 2.75) is 45.7 Å². The number of aryl methyl sites for hydroxylation is 3. The van der Waals surface area contributed by atoms with E-state index >= 15 is 0 Å². The van der Waals surface area contributed by atoms with Crippen molar-refractivity contribution in [3.8, 4) is 5.69 Å². The van der Waals surface area contributed by atoms with E-state index in [1.807, 2.05) is 69.3 Å². The highest BCUT2D eigenvalue weighted by atomic mass is 32.2. The van der Waals surface area contributed by atoms with Gasteiger partial charge in [-0.25, -0.2) is 4.98 Å². The Hall–Kier alpha value is -3.38. The average molecular weight is 472 g/mol. The molecule has 0 fully saturated rings. The Morgan fingerprint density at radius 2 is 1.71 bits per heavy atom. The van der Waals surface area contributed by atoms with E-state index in [-0.39, 0.29) is 17.2 Å². The number of hydrogen-bond donors (Lipinski definition) is 1. The van der Waals surface area contributed by atoms with Gasteiger partial charge >= 0.3 is 0 Å². The molecular formula is C28H29N3O2S. The number of fused-ring (bicyclic) bond motifs is 1. The van der Waals surface area contributed by atoms with Crippen LogP contribution in [0.1, 0.15) is 42.0 Å². The fourth-order valence-corrected chi connectivity index (χ4v) is 4.98. The Bertz CT molecular complexity index is 1420. The normalized spacial score (nSPS) is 11.2. The fourth-order valence-electron chi connectivity index (χ4n) is 4.16. The lowest BCUT2D eigenvalue weighted by molar-refractivity contribution is -0.113. The number of rotatable bonds is 6. The van der Waals surface area contributed by atoms with Crippen LogP contribution in [0, 0.1) is 20.8 Å². The second-order valence-corrected chi connectivity index (χ2v) is 9.87. The third-order valence-electron chi connectivity index (χ3n) is 5.73. The molecule has 1 N–H and O–H groups in total. The van der Waals surface area contributed by atoms with Gasteiger partial charge < -0.3 is 5.32 Å². The summed E-state index contributed by atoms with van der Waals surface area (Å²) in [6.45, 7) is 10.2. The van der Waals surface area contributed by atoms with Gasteiger partial charge in [0.15, 0.2) is 5.16 Å². The van der Waals surface area contributed by atoms with Crippen LogP contribution in [0.4, 0.5) is 5.69 Å². The maximum atomic E-state index is 13.5. The molecule has 1 heterocycles. The molecule has 0 radical (unpaired) electrons.